The van der Waals surface area contributed by atoms with Crippen LogP contribution in [0.4, 0.5) is 4.79 Å². The number of nitrogens with zero attached hydrogens (tertiary/aromatic N) is 1. The molecule has 0 saturated carbocycles. The predicted molar refractivity (Wildman–Crippen MR) is 30.3 cm³/mol. The largest absolute Gasteiger partial charge is 0.465 e. The Labute approximate surface area is 45.4 Å². The fraction of sp³-hybridized carbons (Fsp3) is 0.667. The molecule has 0 aliphatic rings. The Bertz CT molecular complexity index is 75.3. The van der Waals surface area contributed by atoms with Gasteiger partial charge in [0, 0.05) is 6.54 Å². The van der Waals surface area contributed by atoms with E-state index in [2.05, 4.69) is 0 Å². The summed E-state index contributed by atoms with van der Waals surface area (Å²) in [6, 6.07) is 0. The first-order chi connectivity index (χ1) is 3.18. The quantitative estimate of drug-likeness (QED) is 0.462. The minimum absolute atomic E-state index is 0.608. The molecule has 0 radical (unpaired) electrons. The van der Waals surface area contributed by atoms with Crippen molar-refractivity contribution in [2.45, 2.75) is 6.92 Å². The molecule has 0 fully saturated rings. The molecular weight excluding hydrogens is 110 g/mol. The van der Waals surface area contributed by atoms with E-state index in [1.807, 2.05) is 6.92 Å². The van der Waals surface area contributed by atoms with E-state index in [1.54, 1.807) is 0 Å². The second-order valence-corrected chi connectivity index (χ2v) is 2.38. The lowest BCUT2D eigenvalue weighted by Crippen LogP contribution is -2.25. The smallest absolute Gasteiger partial charge is 0.398 e. The zero-order chi connectivity index (χ0) is 5.86. The van der Waals surface area contributed by atoms with Crippen molar-refractivity contribution < 1.29 is 9.90 Å². The van der Waals surface area contributed by atoms with Gasteiger partial charge in [0.05, 0.1) is 0 Å². The molecule has 0 aliphatic heterocycles. The number of amides is 1. The van der Waals surface area contributed by atoms with Gasteiger partial charge in [-0.2, -0.15) is 0 Å². The molecule has 42 valence electrons. The molecule has 0 aromatic carbocycles. The Balaban J connectivity index is 3.34. The topological polar surface area (TPSA) is 40.5 Å². The number of hydrogen-bond donors (Lipinski definition) is 1. The third-order valence-corrected chi connectivity index (χ3v) is 1.82. The van der Waals surface area contributed by atoms with E-state index in [4.69, 9.17) is 5.11 Å². The standard InChI is InChI=1S/C3H9NO2Si/c1-2-4(7)3(5)6/h2H2,1,7H3,(H,5,6). The Hall–Kier alpha value is -0.513. The number of rotatable bonds is 1. The van der Waals surface area contributed by atoms with Crippen molar-refractivity contribution in [3.05, 3.63) is 0 Å². The summed E-state index contributed by atoms with van der Waals surface area (Å²) in [7, 11) is 0.608. The van der Waals surface area contributed by atoms with Gasteiger partial charge in [0.15, 0.2) is 0 Å². The van der Waals surface area contributed by atoms with Gasteiger partial charge in [-0.25, -0.2) is 4.79 Å². The fourth-order valence-corrected chi connectivity index (χ4v) is 0.135. The minimum Gasteiger partial charge on any atom is -0.465 e. The summed E-state index contributed by atoms with van der Waals surface area (Å²) in [5.41, 5.74) is 0. The van der Waals surface area contributed by atoms with Crippen LogP contribution in [0.1, 0.15) is 6.92 Å². The molecule has 4 heteroatoms. The van der Waals surface area contributed by atoms with Crippen LogP contribution in [-0.2, 0) is 0 Å². The molecule has 1 amide bonds. The van der Waals surface area contributed by atoms with Gasteiger partial charge in [0.1, 0.15) is 10.4 Å². The van der Waals surface area contributed by atoms with Crippen LogP contribution in [0.3, 0.4) is 0 Å². The highest BCUT2D eigenvalue weighted by Gasteiger charge is 1.97. The molecule has 0 aliphatic carbocycles. The van der Waals surface area contributed by atoms with Gasteiger partial charge in [-0.15, -0.1) is 0 Å². The van der Waals surface area contributed by atoms with Gasteiger partial charge in [-0.3, -0.25) is 0 Å². The van der Waals surface area contributed by atoms with E-state index in [9.17, 15) is 4.79 Å². The third-order valence-electron chi connectivity index (χ3n) is 0.801. The van der Waals surface area contributed by atoms with Crippen LogP contribution >= 0.6 is 0 Å². The Morgan fingerprint density at radius 2 is 2.43 bits per heavy atom. The van der Waals surface area contributed by atoms with Crippen molar-refractivity contribution in [3.63, 3.8) is 0 Å². The average molecular weight is 119 g/mol. The molecule has 0 atom stereocenters. The van der Waals surface area contributed by atoms with Crippen LogP contribution in [-0.4, -0.2) is 32.7 Å². The molecule has 7 heavy (non-hydrogen) atoms. The summed E-state index contributed by atoms with van der Waals surface area (Å²) in [5, 5.41) is 8.14. The monoisotopic (exact) mass is 119 g/mol. The van der Waals surface area contributed by atoms with Gasteiger partial charge < -0.3 is 9.67 Å². The highest BCUT2D eigenvalue weighted by atomic mass is 28.2. The van der Waals surface area contributed by atoms with E-state index in [1.165, 1.54) is 4.57 Å². The Morgan fingerprint density at radius 3 is 2.43 bits per heavy atom. The van der Waals surface area contributed by atoms with Gasteiger partial charge in [-0.05, 0) is 6.92 Å². The molecular formula is C3H9NO2Si. The first-order valence-electron chi connectivity index (χ1n) is 2.12. The summed E-state index contributed by atoms with van der Waals surface area (Å²) < 4.78 is 1.35. The average Bonchev–Trinajstić information content (AvgIpc) is 1.65. The Morgan fingerprint density at radius 1 is 2.00 bits per heavy atom. The van der Waals surface area contributed by atoms with E-state index < -0.39 is 6.09 Å². The van der Waals surface area contributed by atoms with Gasteiger partial charge in [0.2, 0.25) is 0 Å². The van der Waals surface area contributed by atoms with E-state index in [0.29, 0.717) is 16.9 Å². The van der Waals surface area contributed by atoms with Crippen molar-refractivity contribution in [3.8, 4) is 0 Å². The molecule has 0 aromatic heterocycles. The van der Waals surface area contributed by atoms with Gasteiger partial charge in [0.25, 0.3) is 0 Å². The van der Waals surface area contributed by atoms with E-state index >= 15 is 0 Å². The lowest BCUT2D eigenvalue weighted by Gasteiger charge is -2.07. The molecule has 1 N–H and O–H groups in total. The van der Waals surface area contributed by atoms with Crippen LogP contribution in [0.5, 0.6) is 0 Å². The van der Waals surface area contributed by atoms with Crippen molar-refractivity contribution >= 4 is 16.5 Å². The maximum Gasteiger partial charge on any atom is 0.398 e. The normalized spacial score (nSPS) is 8.71. The van der Waals surface area contributed by atoms with Crippen molar-refractivity contribution in [2.24, 2.45) is 0 Å². The SMILES string of the molecule is CCN([SiH3])C(=O)O. The van der Waals surface area contributed by atoms with Crippen LogP contribution in [0.25, 0.3) is 0 Å². The summed E-state index contributed by atoms with van der Waals surface area (Å²) >= 11 is 0. The number of carboxylic acid groups (broad SMARTS) is 1. The second-order valence-electron chi connectivity index (χ2n) is 1.30. The highest BCUT2D eigenvalue weighted by molar-refractivity contribution is 6.12. The summed E-state index contributed by atoms with van der Waals surface area (Å²) in [5.74, 6) is 0. The fourth-order valence-electron chi connectivity index (χ4n) is 0.135. The summed E-state index contributed by atoms with van der Waals surface area (Å²) in [4.78, 5) is 9.89. The maximum atomic E-state index is 9.89. The second kappa shape index (κ2) is 2.63. The molecule has 0 unspecified atom stereocenters. The summed E-state index contributed by atoms with van der Waals surface area (Å²) in [6.45, 7) is 2.43. The molecule has 0 aromatic rings. The lowest BCUT2D eigenvalue weighted by atomic mass is 10.8. The van der Waals surface area contributed by atoms with Crippen LogP contribution in [0, 0.1) is 0 Å². The number of hydrogen-bond acceptors (Lipinski definition) is 1. The third kappa shape index (κ3) is 2.22. The van der Waals surface area contributed by atoms with Crippen molar-refractivity contribution in [2.75, 3.05) is 6.54 Å². The van der Waals surface area contributed by atoms with Crippen LogP contribution in [0.15, 0.2) is 0 Å². The van der Waals surface area contributed by atoms with Crippen molar-refractivity contribution in [1.29, 1.82) is 0 Å². The van der Waals surface area contributed by atoms with Crippen molar-refractivity contribution in [1.82, 2.24) is 4.57 Å². The lowest BCUT2D eigenvalue weighted by molar-refractivity contribution is 0.174. The zero-order valence-electron chi connectivity index (χ0n) is 4.51. The Kier molecular flexibility index (Phi) is 2.43. The van der Waals surface area contributed by atoms with E-state index in [0.717, 1.165) is 0 Å². The molecule has 0 rings (SSSR count). The van der Waals surface area contributed by atoms with Gasteiger partial charge in [-0.1, -0.05) is 0 Å². The molecule has 0 spiro atoms. The van der Waals surface area contributed by atoms with E-state index in [-0.39, 0.29) is 0 Å². The number of carbonyl (C=O) groups is 1. The summed E-state index contributed by atoms with van der Waals surface area (Å²) in [6.07, 6.45) is -0.811. The molecule has 0 bridgehead atoms. The van der Waals surface area contributed by atoms with Crippen LogP contribution < -0.4 is 0 Å². The first-order valence-corrected chi connectivity index (χ1v) is 3.02. The highest BCUT2D eigenvalue weighted by Crippen LogP contribution is 1.76. The molecule has 0 saturated heterocycles. The zero-order valence-corrected chi connectivity index (χ0v) is 6.51. The minimum atomic E-state index is -0.811. The molecule has 3 nitrogen and oxygen atoms in total. The molecule has 0 heterocycles. The van der Waals surface area contributed by atoms with Crippen LogP contribution in [0.2, 0.25) is 0 Å². The maximum absolute atomic E-state index is 9.89. The first kappa shape index (κ1) is 6.49. The predicted octanol–water partition coefficient (Wildman–Crippen LogP) is -0.733. The van der Waals surface area contributed by atoms with Gasteiger partial charge >= 0.3 is 6.09 Å².